The van der Waals surface area contributed by atoms with Gasteiger partial charge < -0.3 is 14.2 Å². The fourth-order valence-electron chi connectivity index (χ4n) is 1.29. The predicted molar refractivity (Wildman–Crippen MR) is 61.4 cm³/mol. The van der Waals surface area contributed by atoms with Crippen LogP contribution in [0, 0.1) is 0 Å². The van der Waals surface area contributed by atoms with Crippen molar-refractivity contribution in [3.63, 3.8) is 0 Å². The fraction of sp³-hybridized carbons (Fsp3) is 0.400. The van der Waals surface area contributed by atoms with Crippen molar-refractivity contribution in [2.75, 3.05) is 14.2 Å². The summed E-state index contributed by atoms with van der Waals surface area (Å²) in [6, 6.07) is 0.983. The van der Waals surface area contributed by atoms with E-state index in [9.17, 15) is 18.0 Å². The molecule has 19 heavy (non-hydrogen) atoms. The zero-order valence-corrected chi connectivity index (χ0v) is 11.5. The average Bonchev–Trinajstić information content (AvgIpc) is 2.34. The summed E-state index contributed by atoms with van der Waals surface area (Å²) in [6.45, 7) is 0. The third-order valence-electron chi connectivity index (χ3n) is 1.99. The number of rotatable bonds is 4. The van der Waals surface area contributed by atoms with E-state index < -0.39 is 18.2 Å². The lowest BCUT2D eigenvalue weighted by Crippen LogP contribution is -2.19. The zero-order valence-electron chi connectivity index (χ0n) is 9.88. The summed E-state index contributed by atoms with van der Waals surface area (Å²) in [5, 5.41) is 0.102. The molecule has 0 aliphatic heterocycles. The van der Waals surface area contributed by atoms with E-state index in [-0.39, 0.29) is 22.3 Å². The molecule has 1 rings (SSSR count). The van der Waals surface area contributed by atoms with Crippen molar-refractivity contribution in [2.45, 2.75) is 11.7 Å². The molecule has 1 aromatic heterocycles. The van der Waals surface area contributed by atoms with E-state index in [0.29, 0.717) is 0 Å². The number of hydrogen-bond acceptors (Lipinski definition) is 5. The molecule has 1 aromatic rings. The van der Waals surface area contributed by atoms with Gasteiger partial charge in [-0.3, -0.25) is 0 Å². The van der Waals surface area contributed by atoms with Gasteiger partial charge in [-0.25, -0.2) is 4.79 Å². The van der Waals surface area contributed by atoms with Crippen LogP contribution in [0.15, 0.2) is 6.07 Å². The second kappa shape index (κ2) is 6.09. The summed E-state index contributed by atoms with van der Waals surface area (Å²) in [6.07, 6.45) is -4.88. The van der Waals surface area contributed by atoms with Gasteiger partial charge in [-0.1, -0.05) is 15.9 Å². The minimum Gasteiger partial charge on any atom is -0.480 e. The van der Waals surface area contributed by atoms with Gasteiger partial charge in [0, 0.05) is 11.4 Å². The summed E-state index contributed by atoms with van der Waals surface area (Å²) in [7, 11) is 2.31. The summed E-state index contributed by atoms with van der Waals surface area (Å²) in [4.78, 5) is 15.0. The molecule has 0 fully saturated rings. The molecule has 0 N–H and O–H groups in total. The van der Waals surface area contributed by atoms with Crippen LogP contribution in [0.1, 0.15) is 15.9 Å². The van der Waals surface area contributed by atoms with E-state index in [1.54, 1.807) is 0 Å². The van der Waals surface area contributed by atoms with Crippen molar-refractivity contribution in [3.8, 4) is 11.8 Å². The third-order valence-corrected chi connectivity index (χ3v) is 2.60. The minimum atomic E-state index is -4.88. The number of nitrogens with zero attached hydrogens (tertiary/aromatic N) is 1. The highest BCUT2D eigenvalue weighted by atomic mass is 79.9. The normalized spacial score (nSPS) is 11.1. The number of hydrogen-bond donors (Lipinski definition) is 0. The second-order valence-electron chi connectivity index (χ2n) is 3.18. The van der Waals surface area contributed by atoms with E-state index in [0.717, 1.165) is 13.2 Å². The van der Waals surface area contributed by atoms with Crippen molar-refractivity contribution in [1.29, 1.82) is 0 Å². The van der Waals surface area contributed by atoms with Gasteiger partial charge >= 0.3 is 12.3 Å². The van der Waals surface area contributed by atoms with Crippen molar-refractivity contribution < 1.29 is 32.2 Å². The topological polar surface area (TPSA) is 57.7 Å². The van der Waals surface area contributed by atoms with Crippen LogP contribution in [0.25, 0.3) is 0 Å². The molecule has 0 spiro atoms. The number of ether oxygens (including phenoxy) is 3. The van der Waals surface area contributed by atoms with E-state index in [1.807, 2.05) is 0 Å². The Morgan fingerprint density at radius 3 is 2.47 bits per heavy atom. The molecule has 0 saturated carbocycles. The van der Waals surface area contributed by atoms with Crippen LogP contribution in [-0.2, 0) is 10.1 Å². The van der Waals surface area contributed by atoms with Crippen LogP contribution in [0.3, 0.4) is 0 Å². The lowest BCUT2D eigenvalue weighted by Gasteiger charge is -2.13. The van der Waals surface area contributed by atoms with Crippen LogP contribution < -0.4 is 9.47 Å². The lowest BCUT2D eigenvalue weighted by molar-refractivity contribution is -0.276. The highest BCUT2D eigenvalue weighted by molar-refractivity contribution is 9.08. The molecular weight excluding hydrogens is 335 g/mol. The standard InChI is InChI=1S/C10H9BrF3NO4/c1-17-8-7(9(16)18-2)5(4-11)3-6(15-8)19-10(12,13)14/h3H,4H2,1-2H3. The number of halogens is 4. The molecule has 0 aliphatic carbocycles. The first kappa shape index (κ1) is 15.5. The first-order chi connectivity index (χ1) is 8.82. The predicted octanol–water partition coefficient (Wildman–Crippen LogP) is 2.67. The molecule has 0 bridgehead atoms. The van der Waals surface area contributed by atoms with Crippen LogP contribution in [0.5, 0.6) is 11.8 Å². The van der Waals surface area contributed by atoms with Gasteiger partial charge in [0.25, 0.3) is 0 Å². The summed E-state index contributed by atoms with van der Waals surface area (Å²) in [5.41, 5.74) is 0.148. The van der Waals surface area contributed by atoms with Crippen LogP contribution in [-0.4, -0.2) is 31.5 Å². The molecule has 0 atom stereocenters. The van der Waals surface area contributed by atoms with Crippen LogP contribution in [0.4, 0.5) is 13.2 Å². The summed E-state index contributed by atoms with van der Waals surface area (Å²) < 4.78 is 49.4. The monoisotopic (exact) mass is 343 g/mol. The maximum atomic E-state index is 12.1. The first-order valence-corrected chi connectivity index (χ1v) is 5.92. The number of esters is 1. The van der Waals surface area contributed by atoms with Gasteiger partial charge in [0.15, 0.2) is 0 Å². The zero-order chi connectivity index (χ0) is 14.6. The van der Waals surface area contributed by atoms with Gasteiger partial charge in [0.2, 0.25) is 11.8 Å². The van der Waals surface area contributed by atoms with Gasteiger partial charge in [0.1, 0.15) is 5.56 Å². The molecule has 1 heterocycles. The van der Waals surface area contributed by atoms with E-state index in [4.69, 9.17) is 4.74 Å². The fourth-order valence-corrected chi connectivity index (χ4v) is 1.73. The molecule has 0 saturated heterocycles. The molecule has 0 aromatic carbocycles. The number of carbonyl (C=O) groups is 1. The Hall–Kier alpha value is -1.51. The van der Waals surface area contributed by atoms with Crippen molar-refractivity contribution in [1.82, 2.24) is 4.98 Å². The summed E-state index contributed by atoms with van der Waals surface area (Å²) in [5.74, 6) is -1.79. The van der Waals surface area contributed by atoms with Crippen LogP contribution >= 0.6 is 15.9 Å². The van der Waals surface area contributed by atoms with E-state index in [1.165, 1.54) is 7.11 Å². The largest absolute Gasteiger partial charge is 0.574 e. The third kappa shape index (κ3) is 3.98. The highest BCUT2D eigenvalue weighted by Gasteiger charge is 2.33. The smallest absolute Gasteiger partial charge is 0.480 e. The molecule has 0 radical (unpaired) electrons. The van der Waals surface area contributed by atoms with Gasteiger partial charge in [-0.15, -0.1) is 13.2 Å². The Labute approximate surface area is 114 Å². The SMILES string of the molecule is COC(=O)c1c(CBr)cc(OC(F)(F)F)nc1OC. The molecule has 106 valence electrons. The number of carbonyl (C=O) groups excluding carboxylic acids is 1. The molecule has 5 nitrogen and oxygen atoms in total. The van der Waals surface area contributed by atoms with Crippen molar-refractivity contribution >= 4 is 21.9 Å². The Kier molecular flexibility index (Phi) is 4.98. The lowest BCUT2D eigenvalue weighted by atomic mass is 10.1. The minimum absolute atomic E-state index is 0.0589. The number of methoxy groups -OCH3 is 2. The molecule has 0 aliphatic rings. The quantitative estimate of drug-likeness (QED) is 0.621. The van der Waals surface area contributed by atoms with Crippen molar-refractivity contribution in [3.05, 3.63) is 17.2 Å². The Bertz CT molecular complexity index is 453. The molecule has 0 unspecified atom stereocenters. The van der Waals surface area contributed by atoms with Gasteiger partial charge in [0.05, 0.1) is 14.2 Å². The summed E-state index contributed by atoms with van der Waals surface area (Å²) >= 11 is 3.06. The van der Waals surface area contributed by atoms with Gasteiger partial charge in [-0.2, -0.15) is 4.98 Å². The molecular formula is C10H9BrF3NO4. The second-order valence-corrected chi connectivity index (χ2v) is 3.74. The molecule has 9 heteroatoms. The Balaban J connectivity index is 3.32. The maximum absolute atomic E-state index is 12.1. The van der Waals surface area contributed by atoms with E-state index >= 15 is 0 Å². The maximum Gasteiger partial charge on any atom is 0.574 e. The highest BCUT2D eigenvalue weighted by Crippen LogP contribution is 2.30. The van der Waals surface area contributed by atoms with Crippen molar-refractivity contribution in [2.24, 2.45) is 0 Å². The average molecular weight is 344 g/mol. The number of alkyl halides is 4. The molecule has 0 amide bonds. The number of pyridine rings is 1. The first-order valence-electron chi connectivity index (χ1n) is 4.80. The Morgan fingerprint density at radius 2 is 2.05 bits per heavy atom. The van der Waals surface area contributed by atoms with E-state index in [2.05, 4.69) is 30.4 Å². The number of aromatic nitrogens is 1. The van der Waals surface area contributed by atoms with Gasteiger partial charge in [-0.05, 0) is 5.56 Å². The Morgan fingerprint density at radius 1 is 1.42 bits per heavy atom. The van der Waals surface area contributed by atoms with Crippen LogP contribution in [0.2, 0.25) is 0 Å².